The van der Waals surface area contributed by atoms with Crippen LogP contribution < -0.4 is 10.0 Å². The first-order valence-corrected chi connectivity index (χ1v) is 11.5. The zero-order valence-electron chi connectivity index (χ0n) is 16.5. The number of hydrogen-bond donors (Lipinski definition) is 2. The Morgan fingerprint density at radius 2 is 1.86 bits per heavy atom. The van der Waals surface area contributed by atoms with Gasteiger partial charge in [0, 0.05) is 6.07 Å². The van der Waals surface area contributed by atoms with Gasteiger partial charge in [0.15, 0.2) is 0 Å². The van der Waals surface area contributed by atoms with E-state index in [4.69, 9.17) is 0 Å². The topological polar surface area (TPSA) is 93.1 Å². The first kappa shape index (κ1) is 21.2. The number of carbonyl (C=O) groups excluding carboxylic acids is 1. The van der Waals surface area contributed by atoms with Crippen molar-refractivity contribution in [1.82, 2.24) is 14.5 Å². The van der Waals surface area contributed by atoms with Crippen LogP contribution in [-0.2, 0) is 26.8 Å². The molecule has 3 aromatic rings. The second-order valence-electron chi connectivity index (χ2n) is 7.63. The molecule has 0 saturated heterocycles. The average Bonchev–Trinajstić information content (AvgIpc) is 3.33. The third-order valence-corrected chi connectivity index (χ3v) is 7.12. The van der Waals surface area contributed by atoms with Crippen LogP contribution >= 0.6 is 11.3 Å². The quantitative estimate of drug-likeness (QED) is 0.600. The maximum atomic E-state index is 12.2. The van der Waals surface area contributed by atoms with Crippen molar-refractivity contribution < 1.29 is 13.2 Å². The molecule has 2 heterocycles. The largest absolute Gasteiger partial charge is 0.310 e. The summed E-state index contributed by atoms with van der Waals surface area (Å²) in [5.41, 5.74) is 2.38. The molecule has 2 aromatic heterocycles. The van der Waals surface area contributed by atoms with Gasteiger partial charge in [-0.1, -0.05) is 51.1 Å². The molecule has 0 aliphatic rings. The first-order valence-electron chi connectivity index (χ1n) is 9.09. The predicted molar refractivity (Wildman–Crippen MR) is 115 cm³/mol. The molecule has 0 aliphatic heterocycles. The number of rotatable bonds is 7. The van der Waals surface area contributed by atoms with Gasteiger partial charge >= 0.3 is 0 Å². The van der Waals surface area contributed by atoms with Crippen LogP contribution in [0, 0.1) is 0 Å². The highest BCUT2D eigenvalue weighted by Crippen LogP contribution is 2.22. The highest BCUT2D eigenvalue weighted by Gasteiger charge is 2.17. The number of benzene rings is 1. The number of carbonyl (C=O) groups is 1. The molecular weight excluding hydrogens is 408 g/mol. The molecule has 1 aromatic carbocycles. The number of nitrogens with zero attached hydrogens (tertiary/aromatic N) is 2. The molecule has 0 radical (unpaired) electrons. The standard InChI is InChI=1S/C20H24N4O3S2/c1-20(2,3)16-8-6-15(7-9-16)14-24-17(10-11-21-24)23-18(25)13-22-29(26,27)19-5-4-12-28-19/h4-12,22H,13-14H2,1-3H3,(H,23,25). The Kier molecular flexibility index (Phi) is 6.21. The minimum atomic E-state index is -3.68. The molecule has 0 saturated carbocycles. The van der Waals surface area contributed by atoms with Crippen LogP contribution in [0.1, 0.15) is 31.9 Å². The van der Waals surface area contributed by atoms with E-state index in [0.29, 0.717) is 12.4 Å². The van der Waals surface area contributed by atoms with E-state index in [9.17, 15) is 13.2 Å². The summed E-state index contributed by atoms with van der Waals surface area (Å²) in [7, 11) is -3.68. The fourth-order valence-corrected chi connectivity index (χ4v) is 4.70. The number of anilines is 1. The van der Waals surface area contributed by atoms with Crippen LogP contribution in [0.3, 0.4) is 0 Å². The third kappa shape index (κ3) is 5.53. The monoisotopic (exact) mass is 432 g/mol. The third-order valence-electron chi connectivity index (χ3n) is 4.32. The van der Waals surface area contributed by atoms with Crippen LogP contribution in [0.15, 0.2) is 58.3 Å². The number of amides is 1. The Morgan fingerprint density at radius 3 is 2.48 bits per heavy atom. The smallest absolute Gasteiger partial charge is 0.250 e. The minimum absolute atomic E-state index is 0.0831. The lowest BCUT2D eigenvalue weighted by Gasteiger charge is -2.19. The Bertz CT molecular complexity index is 1060. The van der Waals surface area contributed by atoms with Crippen molar-refractivity contribution >= 4 is 33.1 Å². The van der Waals surface area contributed by atoms with Gasteiger partial charge < -0.3 is 5.32 Å². The van der Waals surface area contributed by atoms with E-state index in [0.717, 1.165) is 16.9 Å². The van der Waals surface area contributed by atoms with E-state index >= 15 is 0 Å². The van der Waals surface area contributed by atoms with Gasteiger partial charge in [-0.3, -0.25) is 4.79 Å². The molecule has 29 heavy (non-hydrogen) atoms. The lowest BCUT2D eigenvalue weighted by Crippen LogP contribution is -2.33. The lowest BCUT2D eigenvalue weighted by atomic mass is 9.87. The van der Waals surface area contributed by atoms with Crippen molar-refractivity contribution in [1.29, 1.82) is 0 Å². The molecule has 0 aliphatic carbocycles. The van der Waals surface area contributed by atoms with Gasteiger partial charge in [0.05, 0.1) is 19.3 Å². The molecule has 9 heteroatoms. The van der Waals surface area contributed by atoms with Gasteiger partial charge in [-0.05, 0) is 28.0 Å². The van der Waals surface area contributed by atoms with E-state index in [1.807, 2.05) is 12.1 Å². The highest BCUT2D eigenvalue weighted by molar-refractivity contribution is 7.91. The predicted octanol–water partition coefficient (Wildman–Crippen LogP) is 3.21. The van der Waals surface area contributed by atoms with E-state index in [1.165, 1.54) is 11.6 Å². The van der Waals surface area contributed by atoms with Crippen molar-refractivity contribution in [3.63, 3.8) is 0 Å². The summed E-state index contributed by atoms with van der Waals surface area (Å²) in [6, 6.07) is 13.1. The Hall–Kier alpha value is -2.49. The van der Waals surface area contributed by atoms with Crippen LogP contribution in [0.25, 0.3) is 0 Å². The van der Waals surface area contributed by atoms with Gasteiger partial charge in [-0.15, -0.1) is 11.3 Å². The van der Waals surface area contributed by atoms with Gasteiger partial charge in [-0.25, -0.2) is 17.8 Å². The minimum Gasteiger partial charge on any atom is -0.310 e. The normalized spacial score (nSPS) is 12.1. The molecule has 0 atom stereocenters. The summed E-state index contributed by atoms with van der Waals surface area (Å²) >= 11 is 1.10. The SMILES string of the molecule is CC(C)(C)c1ccc(Cn2nccc2NC(=O)CNS(=O)(=O)c2cccs2)cc1. The second kappa shape index (κ2) is 8.48. The van der Waals surface area contributed by atoms with Crippen molar-refractivity contribution in [2.45, 2.75) is 36.9 Å². The summed E-state index contributed by atoms with van der Waals surface area (Å²) in [6.45, 7) is 6.63. The number of hydrogen-bond acceptors (Lipinski definition) is 5. The van der Waals surface area contributed by atoms with E-state index in [2.05, 4.69) is 48.0 Å². The van der Waals surface area contributed by atoms with E-state index in [1.54, 1.807) is 28.4 Å². The molecule has 3 rings (SSSR count). The summed E-state index contributed by atoms with van der Waals surface area (Å²) in [6.07, 6.45) is 1.59. The molecule has 2 N–H and O–H groups in total. The zero-order valence-corrected chi connectivity index (χ0v) is 18.2. The maximum absolute atomic E-state index is 12.2. The van der Waals surface area contributed by atoms with Crippen molar-refractivity contribution in [3.8, 4) is 0 Å². The molecule has 154 valence electrons. The van der Waals surface area contributed by atoms with Crippen LogP contribution in [0.4, 0.5) is 5.82 Å². The van der Waals surface area contributed by atoms with Crippen LogP contribution in [0.2, 0.25) is 0 Å². The average molecular weight is 433 g/mol. The maximum Gasteiger partial charge on any atom is 0.250 e. The Labute approximate surface area is 174 Å². The molecule has 0 bridgehead atoms. The number of thiophene rings is 1. The number of sulfonamides is 1. The van der Waals surface area contributed by atoms with Crippen LogP contribution in [0.5, 0.6) is 0 Å². The van der Waals surface area contributed by atoms with Gasteiger partial charge in [-0.2, -0.15) is 5.10 Å². The van der Waals surface area contributed by atoms with Crippen LogP contribution in [-0.4, -0.2) is 30.7 Å². The summed E-state index contributed by atoms with van der Waals surface area (Å²) in [5, 5.41) is 8.62. The summed E-state index contributed by atoms with van der Waals surface area (Å²) < 4.78 is 28.4. The van der Waals surface area contributed by atoms with Crippen molar-refractivity contribution in [2.75, 3.05) is 11.9 Å². The summed E-state index contributed by atoms with van der Waals surface area (Å²) in [4.78, 5) is 12.2. The van der Waals surface area contributed by atoms with Gasteiger partial charge in [0.2, 0.25) is 5.91 Å². The van der Waals surface area contributed by atoms with Crippen molar-refractivity contribution in [2.24, 2.45) is 0 Å². The molecule has 1 amide bonds. The molecule has 0 spiro atoms. The van der Waals surface area contributed by atoms with E-state index in [-0.39, 0.29) is 16.2 Å². The Balaban J connectivity index is 1.61. The highest BCUT2D eigenvalue weighted by atomic mass is 32.2. The molecular formula is C20H24N4O3S2. The lowest BCUT2D eigenvalue weighted by molar-refractivity contribution is -0.115. The fraction of sp³-hybridized carbons (Fsp3) is 0.300. The second-order valence-corrected chi connectivity index (χ2v) is 10.6. The molecule has 0 unspecified atom stereocenters. The van der Waals surface area contributed by atoms with Crippen molar-refractivity contribution in [3.05, 3.63) is 65.2 Å². The van der Waals surface area contributed by atoms with Gasteiger partial charge in [0.25, 0.3) is 10.0 Å². The number of aromatic nitrogens is 2. The molecule has 7 nitrogen and oxygen atoms in total. The van der Waals surface area contributed by atoms with E-state index < -0.39 is 15.9 Å². The zero-order chi connectivity index (χ0) is 21.1. The number of nitrogens with one attached hydrogen (secondary N) is 2. The molecule has 0 fully saturated rings. The summed E-state index contributed by atoms with van der Waals surface area (Å²) in [5.74, 6) is 0.0418. The van der Waals surface area contributed by atoms with Gasteiger partial charge in [0.1, 0.15) is 10.0 Å². The fourth-order valence-electron chi connectivity index (χ4n) is 2.68. The first-order chi connectivity index (χ1) is 13.6. The Morgan fingerprint density at radius 1 is 1.14 bits per heavy atom.